The molecular weight excluding hydrogens is 288 g/mol. The number of hydrogen-bond acceptors (Lipinski definition) is 5. The number of rotatable bonds is 3. The molecule has 0 aliphatic rings. The van der Waals surface area contributed by atoms with Crippen LogP contribution in [0.15, 0.2) is 46.7 Å². The molecule has 0 radical (unpaired) electrons. The van der Waals surface area contributed by atoms with Crippen molar-refractivity contribution in [2.75, 3.05) is 7.11 Å². The minimum atomic E-state index is -0.488. The summed E-state index contributed by atoms with van der Waals surface area (Å²) in [5.74, 6) is -0.488. The Balaban J connectivity index is 1.97. The number of hydrogen-bond donors (Lipinski definition) is 0. The van der Waals surface area contributed by atoms with Crippen LogP contribution in [0.2, 0.25) is 0 Å². The molecule has 0 unspecified atom stereocenters. The number of ether oxygens (including phenoxy) is 1. The smallest absolute Gasteiger partial charge is 0.356 e. The molecule has 0 aliphatic heterocycles. The van der Waals surface area contributed by atoms with Crippen LogP contribution in [0.5, 0.6) is 0 Å². The molecule has 0 fully saturated rings. The van der Waals surface area contributed by atoms with Gasteiger partial charge in [-0.1, -0.05) is 6.07 Å². The highest BCUT2D eigenvalue weighted by atomic mass is 32.1. The molecule has 3 aromatic heterocycles. The van der Waals surface area contributed by atoms with Gasteiger partial charge in [-0.15, -0.1) is 11.3 Å². The van der Waals surface area contributed by atoms with Crippen molar-refractivity contribution < 1.29 is 9.53 Å². The predicted octanol–water partition coefficient (Wildman–Crippen LogP) is 2.29. The van der Waals surface area contributed by atoms with Crippen molar-refractivity contribution in [2.24, 2.45) is 0 Å². The molecule has 0 amide bonds. The molecule has 0 aliphatic carbocycles. The Bertz CT molecular complexity index is 866. The van der Waals surface area contributed by atoms with E-state index in [0.29, 0.717) is 17.6 Å². The van der Waals surface area contributed by atoms with E-state index in [1.54, 1.807) is 29.0 Å². The Kier molecular flexibility index (Phi) is 3.53. The molecule has 3 rings (SSSR count). The average Bonchev–Trinajstić information content (AvgIpc) is 2.99. The Morgan fingerprint density at radius 2 is 2.19 bits per heavy atom. The molecule has 5 nitrogen and oxygen atoms in total. The van der Waals surface area contributed by atoms with Crippen molar-refractivity contribution in [3.63, 3.8) is 0 Å². The molecule has 0 saturated heterocycles. The monoisotopic (exact) mass is 300 g/mol. The lowest BCUT2D eigenvalue weighted by atomic mass is 10.3. The van der Waals surface area contributed by atoms with Gasteiger partial charge in [0.2, 0.25) is 0 Å². The molecule has 21 heavy (non-hydrogen) atoms. The Morgan fingerprint density at radius 3 is 3.00 bits per heavy atom. The summed E-state index contributed by atoms with van der Waals surface area (Å²) in [5, 5.41) is 2.60. The zero-order valence-corrected chi connectivity index (χ0v) is 12.1. The summed E-state index contributed by atoms with van der Waals surface area (Å²) in [7, 11) is 1.31. The van der Waals surface area contributed by atoms with Crippen molar-refractivity contribution in [2.45, 2.75) is 6.54 Å². The fourth-order valence-electron chi connectivity index (χ4n) is 2.09. The lowest BCUT2D eigenvalue weighted by Crippen LogP contribution is -2.20. The third-order valence-corrected chi connectivity index (χ3v) is 4.01. The van der Waals surface area contributed by atoms with Gasteiger partial charge in [0, 0.05) is 10.9 Å². The van der Waals surface area contributed by atoms with Crippen LogP contribution in [0, 0.1) is 0 Å². The lowest BCUT2D eigenvalue weighted by molar-refractivity contribution is 0.0593. The maximum Gasteiger partial charge on any atom is 0.356 e. The number of nitrogens with zero attached hydrogens (tertiary/aromatic N) is 2. The highest BCUT2D eigenvalue weighted by molar-refractivity contribution is 7.17. The molecule has 3 heterocycles. The molecule has 3 aromatic rings. The second kappa shape index (κ2) is 5.49. The summed E-state index contributed by atoms with van der Waals surface area (Å²) in [4.78, 5) is 28.0. The van der Waals surface area contributed by atoms with Gasteiger partial charge in [0.15, 0.2) is 0 Å². The van der Waals surface area contributed by atoms with E-state index in [0.717, 1.165) is 4.70 Å². The van der Waals surface area contributed by atoms with Crippen LogP contribution < -0.4 is 5.56 Å². The summed E-state index contributed by atoms with van der Waals surface area (Å²) in [6.45, 7) is 0.315. The summed E-state index contributed by atoms with van der Waals surface area (Å²) in [6, 6.07) is 8.81. The van der Waals surface area contributed by atoms with Crippen molar-refractivity contribution >= 4 is 27.4 Å². The normalized spacial score (nSPS) is 10.7. The largest absolute Gasteiger partial charge is 0.464 e. The number of carbonyl (C=O) groups excluding carboxylic acids is 1. The topological polar surface area (TPSA) is 61.2 Å². The number of methoxy groups -OCH3 is 1. The van der Waals surface area contributed by atoms with Crippen LogP contribution in [0.1, 0.15) is 16.2 Å². The van der Waals surface area contributed by atoms with E-state index in [4.69, 9.17) is 0 Å². The van der Waals surface area contributed by atoms with Crippen LogP contribution in [0.3, 0.4) is 0 Å². The fourth-order valence-corrected chi connectivity index (χ4v) is 2.86. The first-order valence-electron chi connectivity index (χ1n) is 6.30. The van der Waals surface area contributed by atoms with Gasteiger partial charge < -0.3 is 9.30 Å². The van der Waals surface area contributed by atoms with Crippen molar-refractivity contribution in [1.82, 2.24) is 9.55 Å². The molecule has 0 N–H and O–H groups in total. The van der Waals surface area contributed by atoms with E-state index < -0.39 is 5.97 Å². The minimum absolute atomic E-state index is 0.0565. The summed E-state index contributed by atoms with van der Waals surface area (Å²) >= 11 is 1.54. The Hall–Kier alpha value is -2.47. The van der Waals surface area contributed by atoms with Crippen LogP contribution >= 0.6 is 11.3 Å². The Labute approximate surface area is 124 Å². The van der Waals surface area contributed by atoms with Gasteiger partial charge in [-0.2, -0.15) is 0 Å². The van der Waals surface area contributed by atoms with Gasteiger partial charge in [-0.3, -0.25) is 4.79 Å². The molecular formula is C15H12N2O3S. The van der Waals surface area contributed by atoms with E-state index in [1.807, 2.05) is 17.5 Å². The van der Waals surface area contributed by atoms with Gasteiger partial charge in [0.25, 0.3) is 5.56 Å². The maximum atomic E-state index is 12.3. The second-order valence-electron chi connectivity index (χ2n) is 4.45. The van der Waals surface area contributed by atoms with Gasteiger partial charge in [-0.05, 0) is 29.6 Å². The van der Waals surface area contributed by atoms with Crippen molar-refractivity contribution in [1.29, 1.82) is 0 Å². The molecule has 0 bridgehead atoms. The zero-order valence-electron chi connectivity index (χ0n) is 11.3. The SMILES string of the molecule is COC(=O)c1cccc(Cn2ccc3sccc3c2=O)n1. The molecule has 0 saturated carbocycles. The highest BCUT2D eigenvalue weighted by Gasteiger charge is 2.09. The number of carbonyl (C=O) groups is 1. The van der Waals surface area contributed by atoms with E-state index in [-0.39, 0.29) is 11.3 Å². The first-order valence-corrected chi connectivity index (χ1v) is 7.18. The number of esters is 1. The van der Waals surface area contributed by atoms with Crippen LogP contribution in [0.25, 0.3) is 10.1 Å². The molecule has 106 valence electrons. The summed E-state index contributed by atoms with van der Waals surface area (Å²) in [6.07, 6.45) is 1.74. The fraction of sp³-hybridized carbons (Fsp3) is 0.133. The number of pyridine rings is 2. The van der Waals surface area contributed by atoms with Gasteiger partial charge in [0.1, 0.15) is 5.69 Å². The first kappa shape index (κ1) is 13.5. The van der Waals surface area contributed by atoms with Crippen molar-refractivity contribution in [3.8, 4) is 0 Å². The first-order chi connectivity index (χ1) is 10.2. The summed E-state index contributed by atoms with van der Waals surface area (Å²) in [5.41, 5.74) is 0.813. The molecule has 0 atom stereocenters. The number of aromatic nitrogens is 2. The average molecular weight is 300 g/mol. The van der Waals surface area contributed by atoms with Crippen LogP contribution in [-0.2, 0) is 11.3 Å². The zero-order chi connectivity index (χ0) is 14.8. The van der Waals surface area contributed by atoms with Gasteiger partial charge in [-0.25, -0.2) is 9.78 Å². The summed E-state index contributed by atoms with van der Waals surface area (Å²) < 4.78 is 7.19. The molecule has 0 aromatic carbocycles. The quantitative estimate of drug-likeness (QED) is 0.696. The minimum Gasteiger partial charge on any atom is -0.464 e. The third kappa shape index (κ3) is 2.57. The molecule has 0 spiro atoms. The lowest BCUT2D eigenvalue weighted by Gasteiger charge is -2.06. The number of fused-ring (bicyclic) bond motifs is 1. The molecule has 6 heteroatoms. The van der Waals surface area contributed by atoms with E-state index in [1.165, 1.54) is 18.4 Å². The number of thiophene rings is 1. The maximum absolute atomic E-state index is 12.3. The second-order valence-corrected chi connectivity index (χ2v) is 5.40. The van der Waals surface area contributed by atoms with Crippen molar-refractivity contribution in [3.05, 3.63) is 63.7 Å². The van der Waals surface area contributed by atoms with Gasteiger partial charge in [0.05, 0.1) is 24.7 Å². The van der Waals surface area contributed by atoms with Crippen LogP contribution in [-0.4, -0.2) is 22.6 Å². The van der Waals surface area contributed by atoms with Gasteiger partial charge >= 0.3 is 5.97 Å². The van der Waals surface area contributed by atoms with E-state index in [2.05, 4.69) is 9.72 Å². The third-order valence-electron chi connectivity index (χ3n) is 3.13. The predicted molar refractivity (Wildman–Crippen MR) is 80.8 cm³/mol. The van der Waals surface area contributed by atoms with Crippen LogP contribution in [0.4, 0.5) is 0 Å². The Morgan fingerprint density at radius 1 is 1.33 bits per heavy atom. The van der Waals surface area contributed by atoms with E-state index >= 15 is 0 Å². The van der Waals surface area contributed by atoms with E-state index in [9.17, 15) is 9.59 Å². The highest BCUT2D eigenvalue weighted by Crippen LogP contribution is 2.16. The standard InChI is InChI=1S/C15H12N2O3S/c1-20-15(19)12-4-2-3-10(16-12)9-17-7-5-13-11(14(17)18)6-8-21-13/h2-8H,9H2,1H3.